The van der Waals surface area contributed by atoms with E-state index in [1.54, 1.807) is 9.80 Å². The number of carbonyl (C=O) groups excluding carboxylic acids is 2. The lowest BCUT2D eigenvalue weighted by molar-refractivity contribution is -0.135. The van der Waals surface area contributed by atoms with Crippen molar-refractivity contribution in [3.63, 3.8) is 0 Å². The second-order valence-electron chi connectivity index (χ2n) is 5.27. The van der Waals surface area contributed by atoms with Gasteiger partial charge >= 0.3 is 0 Å². The molecule has 4 heteroatoms. The Kier molecular flexibility index (Phi) is 3.01. The molecule has 0 saturated carbocycles. The van der Waals surface area contributed by atoms with Crippen LogP contribution in [-0.4, -0.2) is 35.8 Å². The second-order valence-corrected chi connectivity index (χ2v) is 5.27. The fraction of sp³-hybridized carbons (Fsp3) is 0.467. The molecule has 1 atom stereocenters. The first kappa shape index (κ1) is 12.2. The Morgan fingerprint density at radius 1 is 1.16 bits per heavy atom. The standard InChI is InChI=1S/C15H18N2O2/c1-11-5-2-3-6-12(11)17-10-8-14(18)16-9-4-7-13(16)15(17)19/h2-3,5-6,13H,4,7-10H2,1H3. The normalized spacial score (nSPS) is 23.5. The number of hydrogen-bond acceptors (Lipinski definition) is 2. The highest BCUT2D eigenvalue weighted by molar-refractivity contribution is 6.02. The van der Waals surface area contributed by atoms with Crippen LogP contribution in [0, 0.1) is 6.92 Å². The Balaban J connectivity index is 1.96. The highest BCUT2D eigenvalue weighted by Gasteiger charge is 2.39. The van der Waals surface area contributed by atoms with Gasteiger partial charge in [0.15, 0.2) is 0 Å². The van der Waals surface area contributed by atoms with Crippen molar-refractivity contribution in [2.45, 2.75) is 32.2 Å². The monoisotopic (exact) mass is 258 g/mol. The number of nitrogens with zero attached hydrogens (tertiary/aromatic N) is 2. The average Bonchev–Trinajstić information content (AvgIpc) is 2.85. The predicted octanol–water partition coefficient (Wildman–Crippen LogP) is 1.72. The van der Waals surface area contributed by atoms with Gasteiger partial charge in [-0.1, -0.05) is 18.2 Å². The van der Waals surface area contributed by atoms with Crippen molar-refractivity contribution in [3.8, 4) is 0 Å². The molecule has 0 radical (unpaired) electrons. The molecule has 2 fully saturated rings. The second kappa shape index (κ2) is 4.68. The molecule has 1 aromatic rings. The molecule has 2 aliphatic rings. The fourth-order valence-electron chi connectivity index (χ4n) is 3.07. The lowest BCUT2D eigenvalue weighted by Gasteiger charge is -2.26. The zero-order valence-corrected chi connectivity index (χ0v) is 11.1. The maximum atomic E-state index is 12.7. The summed E-state index contributed by atoms with van der Waals surface area (Å²) in [6.45, 7) is 3.23. The van der Waals surface area contributed by atoms with Gasteiger partial charge in [0.05, 0.1) is 0 Å². The van der Waals surface area contributed by atoms with E-state index in [-0.39, 0.29) is 17.9 Å². The van der Waals surface area contributed by atoms with Gasteiger partial charge < -0.3 is 9.80 Å². The van der Waals surface area contributed by atoms with Gasteiger partial charge in [0.2, 0.25) is 11.8 Å². The van der Waals surface area contributed by atoms with Crippen molar-refractivity contribution in [3.05, 3.63) is 29.8 Å². The molecule has 0 aromatic heterocycles. The van der Waals surface area contributed by atoms with Crippen LogP contribution < -0.4 is 4.90 Å². The van der Waals surface area contributed by atoms with Gasteiger partial charge in [0.1, 0.15) is 6.04 Å². The maximum absolute atomic E-state index is 12.7. The number of hydrogen-bond donors (Lipinski definition) is 0. The minimum absolute atomic E-state index is 0.0812. The Morgan fingerprint density at radius 2 is 1.95 bits per heavy atom. The molecule has 2 aliphatic heterocycles. The third-order valence-corrected chi connectivity index (χ3v) is 4.08. The molecule has 100 valence electrons. The van der Waals surface area contributed by atoms with Crippen LogP contribution in [0.25, 0.3) is 0 Å². The van der Waals surface area contributed by atoms with Gasteiger partial charge in [-0.15, -0.1) is 0 Å². The van der Waals surface area contributed by atoms with Crippen LogP contribution in [0.5, 0.6) is 0 Å². The van der Waals surface area contributed by atoms with Crippen LogP contribution in [0.3, 0.4) is 0 Å². The molecule has 0 N–H and O–H groups in total. The van der Waals surface area contributed by atoms with Crippen molar-refractivity contribution in [1.82, 2.24) is 4.90 Å². The number of para-hydroxylation sites is 1. The molecule has 2 amide bonds. The van der Waals surface area contributed by atoms with Crippen molar-refractivity contribution in [2.75, 3.05) is 18.0 Å². The van der Waals surface area contributed by atoms with Crippen molar-refractivity contribution < 1.29 is 9.59 Å². The zero-order chi connectivity index (χ0) is 13.4. The number of benzene rings is 1. The summed E-state index contributed by atoms with van der Waals surface area (Å²) >= 11 is 0. The Bertz CT molecular complexity index is 527. The summed E-state index contributed by atoms with van der Waals surface area (Å²) in [6, 6.07) is 7.63. The van der Waals surface area contributed by atoms with Gasteiger partial charge in [-0.25, -0.2) is 0 Å². The number of amides is 2. The molecule has 3 rings (SSSR count). The summed E-state index contributed by atoms with van der Waals surface area (Å²) in [5, 5.41) is 0. The van der Waals surface area contributed by atoms with E-state index in [9.17, 15) is 9.59 Å². The van der Waals surface area contributed by atoms with E-state index < -0.39 is 0 Å². The van der Waals surface area contributed by atoms with Gasteiger partial charge in [-0.2, -0.15) is 0 Å². The molecule has 0 aliphatic carbocycles. The lowest BCUT2D eigenvalue weighted by atomic mass is 10.1. The first-order valence-electron chi connectivity index (χ1n) is 6.85. The first-order chi connectivity index (χ1) is 9.18. The summed E-state index contributed by atoms with van der Waals surface area (Å²) in [5.74, 6) is 0.199. The van der Waals surface area contributed by atoms with E-state index >= 15 is 0 Å². The SMILES string of the molecule is Cc1ccccc1N1CCC(=O)N2CCCC2C1=O. The summed E-state index contributed by atoms with van der Waals surface area (Å²) in [7, 11) is 0. The number of rotatable bonds is 1. The number of aryl methyl sites for hydroxylation is 1. The van der Waals surface area contributed by atoms with Gasteiger partial charge in [-0.05, 0) is 31.4 Å². The maximum Gasteiger partial charge on any atom is 0.249 e. The van der Waals surface area contributed by atoms with Crippen LogP contribution >= 0.6 is 0 Å². The van der Waals surface area contributed by atoms with Crippen LogP contribution in [0.2, 0.25) is 0 Å². The van der Waals surface area contributed by atoms with Gasteiger partial charge in [0, 0.05) is 25.2 Å². The Hall–Kier alpha value is -1.84. The summed E-state index contributed by atoms with van der Waals surface area (Å²) < 4.78 is 0. The van der Waals surface area contributed by atoms with Crippen molar-refractivity contribution in [1.29, 1.82) is 0 Å². The number of anilines is 1. The first-order valence-corrected chi connectivity index (χ1v) is 6.85. The minimum Gasteiger partial charge on any atom is -0.331 e. The van der Waals surface area contributed by atoms with E-state index in [1.165, 1.54) is 0 Å². The van der Waals surface area contributed by atoms with E-state index in [2.05, 4.69) is 0 Å². The van der Waals surface area contributed by atoms with Crippen LogP contribution in [0.15, 0.2) is 24.3 Å². The van der Waals surface area contributed by atoms with E-state index in [0.29, 0.717) is 13.0 Å². The van der Waals surface area contributed by atoms with Gasteiger partial charge in [0.25, 0.3) is 0 Å². The van der Waals surface area contributed by atoms with Crippen molar-refractivity contribution in [2.24, 2.45) is 0 Å². The van der Waals surface area contributed by atoms with Crippen LogP contribution in [-0.2, 0) is 9.59 Å². The van der Waals surface area contributed by atoms with Crippen LogP contribution in [0.4, 0.5) is 5.69 Å². The van der Waals surface area contributed by atoms with E-state index in [0.717, 1.165) is 30.6 Å². The minimum atomic E-state index is -0.241. The fourth-order valence-corrected chi connectivity index (χ4v) is 3.07. The highest BCUT2D eigenvalue weighted by Crippen LogP contribution is 2.28. The smallest absolute Gasteiger partial charge is 0.249 e. The molecule has 0 bridgehead atoms. The molecule has 1 aromatic carbocycles. The van der Waals surface area contributed by atoms with E-state index in [4.69, 9.17) is 0 Å². The summed E-state index contributed by atoms with van der Waals surface area (Å²) in [6.07, 6.45) is 2.16. The average molecular weight is 258 g/mol. The zero-order valence-electron chi connectivity index (χ0n) is 11.1. The van der Waals surface area contributed by atoms with Crippen LogP contribution in [0.1, 0.15) is 24.8 Å². The Morgan fingerprint density at radius 3 is 2.74 bits per heavy atom. The van der Waals surface area contributed by atoms with Crippen molar-refractivity contribution >= 4 is 17.5 Å². The molecule has 4 nitrogen and oxygen atoms in total. The molecular weight excluding hydrogens is 240 g/mol. The number of carbonyl (C=O) groups is 2. The topological polar surface area (TPSA) is 40.6 Å². The third-order valence-electron chi connectivity index (χ3n) is 4.08. The predicted molar refractivity (Wildman–Crippen MR) is 72.9 cm³/mol. The molecular formula is C15H18N2O2. The molecule has 1 unspecified atom stereocenters. The molecule has 0 spiro atoms. The quantitative estimate of drug-likeness (QED) is 0.769. The summed E-state index contributed by atoms with van der Waals surface area (Å²) in [4.78, 5) is 28.3. The Labute approximate surface area is 113 Å². The van der Waals surface area contributed by atoms with E-state index in [1.807, 2.05) is 31.2 Å². The third kappa shape index (κ3) is 2.01. The molecule has 19 heavy (non-hydrogen) atoms. The molecule has 2 heterocycles. The lowest BCUT2D eigenvalue weighted by Crippen LogP contribution is -2.43. The highest BCUT2D eigenvalue weighted by atomic mass is 16.2. The number of fused-ring (bicyclic) bond motifs is 1. The van der Waals surface area contributed by atoms with Gasteiger partial charge in [-0.3, -0.25) is 9.59 Å². The molecule has 2 saturated heterocycles. The largest absolute Gasteiger partial charge is 0.331 e. The summed E-state index contributed by atoms with van der Waals surface area (Å²) in [5.41, 5.74) is 2.02.